The minimum Gasteiger partial charge on any atom is -1.00 e. The first-order chi connectivity index (χ1) is 7.58. The summed E-state index contributed by atoms with van der Waals surface area (Å²) in [5, 5.41) is 20.7. The number of benzene rings is 1. The van der Waals surface area contributed by atoms with E-state index in [-0.39, 0.29) is 24.8 Å². The molecule has 0 bridgehead atoms. The number of hydrogen-bond acceptors (Lipinski definition) is 3. The highest BCUT2D eigenvalue weighted by molar-refractivity contribution is 5.30. The number of aliphatic hydroxyl groups is 1. The lowest BCUT2D eigenvalue weighted by atomic mass is 10.3. The summed E-state index contributed by atoms with van der Waals surface area (Å²) >= 11 is 0. The second-order valence-electron chi connectivity index (χ2n) is 4.17. The molecular formula is C12H20ClNO3. The highest BCUT2D eigenvalue weighted by Gasteiger charge is 2.08. The molecule has 4 N–H and O–H groups in total. The monoisotopic (exact) mass is 261 g/mol. The Hall–Kier alpha value is -0.970. The molecular weight excluding hydrogens is 242 g/mol. The van der Waals surface area contributed by atoms with Gasteiger partial charge < -0.3 is 32.7 Å². The van der Waals surface area contributed by atoms with E-state index >= 15 is 0 Å². The molecule has 1 rings (SSSR count). The number of hydrogen-bond donors (Lipinski definition) is 3. The number of aliphatic hydroxyl groups excluding tert-OH is 1. The van der Waals surface area contributed by atoms with Crippen LogP contribution in [0.3, 0.4) is 0 Å². The fraction of sp³-hybridized carbons (Fsp3) is 0.500. The summed E-state index contributed by atoms with van der Waals surface area (Å²) in [7, 11) is 0. The zero-order valence-corrected chi connectivity index (χ0v) is 10.9. The first-order valence-corrected chi connectivity index (χ1v) is 5.51. The molecule has 5 heteroatoms. The van der Waals surface area contributed by atoms with Crippen molar-refractivity contribution in [3.8, 4) is 11.5 Å². The van der Waals surface area contributed by atoms with Crippen LogP contribution in [0.5, 0.6) is 11.5 Å². The molecule has 0 heterocycles. The minimum absolute atomic E-state index is 0. The van der Waals surface area contributed by atoms with E-state index in [1.807, 2.05) is 0 Å². The Morgan fingerprint density at radius 1 is 1.24 bits per heavy atom. The Labute approximate surface area is 108 Å². The van der Waals surface area contributed by atoms with Crippen LogP contribution in [0.25, 0.3) is 0 Å². The van der Waals surface area contributed by atoms with Crippen molar-refractivity contribution in [2.75, 3.05) is 13.2 Å². The number of phenols is 1. The van der Waals surface area contributed by atoms with Gasteiger partial charge in [0.05, 0.1) is 6.04 Å². The molecule has 0 aliphatic heterocycles. The van der Waals surface area contributed by atoms with Crippen molar-refractivity contribution in [1.29, 1.82) is 0 Å². The maximum absolute atomic E-state index is 9.61. The maximum Gasteiger partial charge on any atom is 0.137 e. The Kier molecular flexibility index (Phi) is 7.70. The lowest BCUT2D eigenvalue weighted by Gasteiger charge is -2.12. The molecule has 1 atom stereocenters. The second-order valence-corrected chi connectivity index (χ2v) is 4.17. The SMILES string of the molecule is CC(C)[NH2+]CC(O)COc1ccc(O)cc1.[Cl-]. The average molecular weight is 262 g/mol. The van der Waals surface area contributed by atoms with E-state index in [1.54, 1.807) is 24.3 Å². The van der Waals surface area contributed by atoms with Crippen molar-refractivity contribution >= 4 is 0 Å². The van der Waals surface area contributed by atoms with Crippen LogP contribution in [0, 0.1) is 0 Å². The molecule has 1 aromatic rings. The summed E-state index contributed by atoms with van der Waals surface area (Å²) in [5.74, 6) is 0.863. The van der Waals surface area contributed by atoms with E-state index in [9.17, 15) is 5.11 Å². The van der Waals surface area contributed by atoms with Gasteiger partial charge in [0, 0.05) is 0 Å². The standard InChI is InChI=1S/C12H19NO3.ClH/c1-9(2)13-7-11(15)8-16-12-5-3-10(14)4-6-12;/h3-6,9,11,13-15H,7-8H2,1-2H3;1H. The molecule has 0 radical (unpaired) electrons. The lowest BCUT2D eigenvalue weighted by molar-refractivity contribution is -0.688. The van der Waals surface area contributed by atoms with Gasteiger partial charge in [-0.15, -0.1) is 0 Å². The van der Waals surface area contributed by atoms with E-state index < -0.39 is 6.10 Å². The predicted octanol–water partition coefficient (Wildman–Crippen LogP) is -2.89. The molecule has 0 saturated heterocycles. The Bertz CT molecular complexity index is 303. The van der Waals surface area contributed by atoms with Crippen LogP contribution < -0.4 is 22.5 Å². The molecule has 4 nitrogen and oxygen atoms in total. The molecule has 0 aromatic heterocycles. The van der Waals surface area contributed by atoms with Gasteiger partial charge >= 0.3 is 0 Å². The van der Waals surface area contributed by atoms with Gasteiger partial charge in [0.25, 0.3) is 0 Å². The van der Waals surface area contributed by atoms with Crippen LogP contribution >= 0.6 is 0 Å². The molecule has 1 aromatic carbocycles. The highest BCUT2D eigenvalue weighted by atomic mass is 35.5. The van der Waals surface area contributed by atoms with Gasteiger partial charge in [-0.25, -0.2) is 0 Å². The number of phenolic OH excluding ortho intramolecular Hbond substituents is 1. The van der Waals surface area contributed by atoms with Gasteiger partial charge in [-0.05, 0) is 38.1 Å². The van der Waals surface area contributed by atoms with E-state index in [4.69, 9.17) is 9.84 Å². The normalized spacial score (nSPS) is 12.0. The molecule has 17 heavy (non-hydrogen) atoms. The number of ether oxygens (including phenoxy) is 1. The van der Waals surface area contributed by atoms with Crippen molar-refractivity contribution in [3.05, 3.63) is 24.3 Å². The fourth-order valence-corrected chi connectivity index (χ4v) is 1.23. The summed E-state index contributed by atoms with van der Waals surface area (Å²) in [6.45, 7) is 5.06. The number of quaternary nitrogens is 1. The smallest absolute Gasteiger partial charge is 0.137 e. The number of halogens is 1. The van der Waals surface area contributed by atoms with Crippen LogP contribution in [-0.4, -0.2) is 35.5 Å². The topological polar surface area (TPSA) is 66.3 Å². The second kappa shape index (κ2) is 8.17. The van der Waals surface area contributed by atoms with E-state index in [2.05, 4.69) is 19.2 Å². The van der Waals surface area contributed by atoms with Crippen molar-refractivity contribution < 1.29 is 32.7 Å². The van der Waals surface area contributed by atoms with Crippen LogP contribution in [0.4, 0.5) is 0 Å². The van der Waals surface area contributed by atoms with Crippen molar-refractivity contribution in [2.24, 2.45) is 0 Å². The third-order valence-electron chi connectivity index (χ3n) is 2.16. The summed E-state index contributed by atoms with van der Waals surface area (Å²) in [5.41, 5.74) is 0. The Morgan fingerprint density at radius 3 is 2.35 bits per heavy atom. The third kappa shape index (κ3) is 7.05. The van der Waals surface area contributed by atoms with Gasteiger partial charge in [-0.1, -0.05) is 0 Å². The minimum atomic E-state index is -0.476. The van der Waals surface area contributed by atoms with Gasteiger partial charge in [0.2, 0.25) is 0 Å². The molecule has 98 valence electrons. The molecule has 0 spiro atoms. The highest BCUT2D eigenvalue weighted by Crippen LogP contribution is 2.15. The largest absolute Gasteiger partial charge is 1.00 e. The first-order valence-electron chi connectivity index (χ1n) is 5.51. The zero-order valence-electron chi connectivity index (χ0n) is 10.1. The lowest BCUT2D eigenvalue weighted by Crippen LogP contribution is -3.00. The van der Waals surface area contributed by atoms with Crippen molar-refractivity contribution in [3.63, 3.8) is 0 Å². The molecule has 0 aliphatic carbocycles. The maximum atomic E-state index is 9.61. The predicted molar refractivity (Wildman–Crippen MR) is 61.5 cm³/mol. The molecule has 1 unspecified atom stereocenters. The molecule has 0 aliphatic rings. The number of nitrogens with two attached hydrogens (primary N) is 1. The van der Waals surface area contributed by atoms with Crippen LogP contribution in [-0.2, 0) is 0 Å². The molecule has 0 fully saturated rings. The van der Waals surface area contributed by atoms with Crippen LogP contribution in [0.2, 0.25) is 0 Å². The third-order valence-corrected chi connectivity index (χ3v) is 2.16. The quantitative estimate of drug-likeness (QED) is 0.515. The van der Waals surface area contributed by atoms with Crippen molar-refractivity contribution in [2.45, 2.75) is 26.0 Å². The summed E-state index contributed by atoms with van der Waals surface area (Å²) < 4.78 is 5.37. The average Bonchev–Trinajstić information content (AvgIpc) is 2.25. The zero-order chi connectivity index (χ0) is 12.0. The fourth-order valence-electron chi connectivity index (χ4n) is 1.23. The first kappa shape index (κ1) is 16.0. The van der Waals surface area contributed by atoms with Gasteiger partial charge in [-0.2, -0.15) is 0 Å². The molecule has 0 saturated carbocycles. The van der Waals surface area contributed by atoms with E-state index in [0.717, 1.165) is 0 Å². The van der Waals surface area contributed by atoms with Gasteiger partial charge in [0.1, 0.15) is 30.8 Å². The summed E-state index contributed by atoms with van der Waals surface area (Å²) in [4.78, 5) is 0. The Balaban J connectivity index is 0.00000256. The van der Waals surface area contributed by atoms with Gasteiger partial charge in [-0.3, -0.25) is 0 Å². The van der Waals surface area contributed by atoms with Crippen LogP contribution in [0.15, 0.2) is 24.3 Å². The van der Waals surface area contributed by atoms with Gasteiger partial charge in [0.15, 0.2) is 0 Å². The molecule has 0 amide bonds. The van der Waals surface area contributed by atoms with Crippen molar-refractivity contribution in [1.82, 2.24) is 0 Å². The van der Waals surface area contributed by atoms with E-state index in [1.165, 1.54) is 0 Å². The number of aromatic hydroxyl groups is 1. The summed E-state index contributed by atoms with van der Waals surface area (Å²) in [6, 6.07) is 6.94. The van der Waals surface area contributed by atoms with Crippen LogP contribution in [0.1, 0.15) is 13.8 Å². The summed E-state index contributed by atoms with van der Waals surface area (Å²) in [6.07, 6.45) is -0.476. The Morgan fingerprint density at radius 2 is 1.82 bits per heavy atom. The number of rotatable bonds is 6. The van der Waals surface area contributed by atoms with E-state index in [0.29, 0.717) is 18.3 Å².